The van der Waals surface area contributed by atoms with Crippen LogP contribution >= 0.6 is 0 Å². The van der Waals surface area contributed by atoms with E-state index in [2.05, 4.69) is 0 Å². The number of hydrogen-bond acceptors (Lipinski definition) is 2. The molecule has 1 saturated carbocycles. The van der Waals surface area contributed by atoms with E-state index in [9.17, 15) is 13.2 Å². The van der Waals surface area contributed by atoms with Crippen molar-refractivity contribution >= 4 is 0 Å². The van der Waals surface area contributed by atoms with Gasteiger partial charge in [-0.2, -0.15) is 13.2 Å². The first-order valence-corrected chi connectivity index (χ1v) is 6.29. The average Bonchev–Trinajstić information content (AvgIpc) is 2.22. The quantitative estimate of drug-likeness (QED) is 0.764. The third-order valence-electron chi connectivity index (χ3n) is 4.31. The molecule has 2 nitrogen and oxygen atoms in total. The van der Waals surface area contributed by atoms with Gasteiger partial charge in [0.25, 0.3) is 0 Å². The molecule has 0 amide bonds. The molecule has 2 fully saturated rings. The molecule has 0 aromatic carbocycles. The van der Waals surface area contributed by atoms with Gasteiger partial charge in [-0.25, -0.2) is 0 Å². The highest BCUT2D eigenvalue weighted by Gasteiger charge is 2.58. The van der Waals surface area contributed by atoms with E-state index in [1.165, 1.54) is 0 Å². The fourth-order valence-corrected chi connectivity index (χ4v) is 2.87. The zero-order valence-corrected chi connectivity index (χ0v) is 10.2. The molecule has 0 aromatic rings. The van der Waals surface area contributed by atoms with Gasteiger partial charge >= 0.3 is 6.18 Å². The first kappa shape index (κ1) is 13.1. The molecule has 0 radical (unpaired) electrons. The van der Waals surface area contributed by atoms with Crippen LogP contribution in [-0.2, 0) is 4.74 Å². The van der Waals surface area contributed by atoms with E-state index >= 15 is 0 Å². The zero-order valence-electron chi connectivity index (χ0n) is 10.2. The van der Waals surface area contributed by atoms with Crippen molar-refractivity contribution in [2.45, 2.75) is 44.4 Å². The molecule has 100 valence electrons. The number of piperidine rings is 1. The Balaban J connectivity index is 1.88. The van der Waals surface area contributed by atoms with Crippen LogP contribution in [0.4, 0.5) is 13.2 Å². The number of methoxy groups -OCH3 is 1. The minimum atomic E-state index is -4.04. The second-order valence-electron chi connectivity index (χ2n) is 5.34. The summed E-state index contributed by atoms with van der Waals surface area (Å²) in [5.41, 5.74) is -1.41. The van der Waals surface area contributed by atoms with Crippen LogP contribution in [-0.4, -0.2) is 43.9 Å². The molecule has 0 atom stereocenters. The van der Waals surface area contributed by atoms with Crippen LogP contribution in [0.25, 0.3) is 0 Å². The first-order chi connectivity index (χ1) is 7.97. The van der Waals surface area contributed by atoms with Gasteiger partial charge in [-0.3, -0.25) is 0 Å². The lowest BCUT2D eigenvalue weighted by Crippen LogP contribution is -2.53. The van der Waals surface area contributed by atoms with Crippen LogP contribution < -0.4 is 0 Å². The Morgan fingerprint density at radius 1 is 1.24 bits per heavy atom. The largest absolute Gasteiger partial charge is 0.395 e. The van der Waals surface area contributed by atoms with Crippen LogP contribution in [0, 0.1) is 5.41 Å². The number of ether oxygens (including phenoxy) is 1. The predicted octanol–water partition coefficient (Wildman–Crippen LogP) is 2.83. The van der Waals surface area contributed by atoms with Gasteiger partial charge in [0.15, 0.2) is 0 Å². The summed E-state index contributed by atoms with van der Waals surface area (Å²) >= 11 is 0. The summed E-state index contributed by atoms with van der Waals surface area (Å²) in [4.78, 5) is 1.96. The SMILES string of the molecule is COC1CCN(CC2(C(F)(F)F)CCC2)CC1. The van der Waals surface area contributed by atoms with Crippen molar-refractivity contribution in [2.75, 3.05) is 26.7 Å². The number of halogens is 3. The van der Waals surface area contributed by atoms with Crippen molar-refractivity contribution in [1.82, 2.24) is 4.90 Å². The number of nitrogens with zero attached hydrogens (tertiary/aromatic N) is 1. The second kappa shape index (κ2) is 4.76. The Labute approximate surface area is 100 Å². The predicted molar refractivity (Wildman–Crippen MR) is 58.8 cm³/mol. The first-order valence-electron chi connectivity index (χ1n) is 6.29. The average molecular weight is 251 g/mol. The van der Waals surface area contributed by atoms with Crippen LogP contribution in [0.5, 0.6) is 0 Å². The summed E-state index contributed by atoms with van der Waals surface area (Å²) in [5.74, 6) is 0. The third-order valence-corrected chi connectivity index (χ3v) is 4.31. The van der Waals surface area contributed by atoms with E-state index in [0.29, 0.717) is 19.3 Å². The third kappa shape index (κ3) is 2.60. The molecule has 0 aromatic heterocycles. The summed E-state index contributed by atoms with van der Waals surface area (Å²) in [6, 6.07) is 0. The molecule has 0 unspecified atom stereocenters. The standard InChI is InChI=1S/C12H20F3NO/c1-17-10-3-7-16(8-4-10)9-11(5-2-6-11)12(13,14)15/h10H,2-9H2,1H3. The van der Waals surface area contributed by atoms with E-state index in [0.717, 1.165) is 25.9 Å². The molecule has 5 heteroatoms. The van der Waals surface area contributed by atoms with E-state index in [4.69, 9.17) is 4.74 Å². The molecule has 2 rings (SSSR count). The van der Waals surface area contributed by atoms with Gasteiger partial charge < -0.3 is 9.64 Å². The van der Waals surface area contributed by atoms with Crippen molar-refractivity contribution in [1.29, 1.82) is 0 Å². The minimum absolute atomic E-state index is 0.187. The maximum absolute atomic E-state index is 13.0. The molecule has 0 N–H and O–H groups in total. The fraction of sp³-hybridized carbons (Fsp3) is 1.00. The maximum Gasteiger partial charge on any atom is 0.395 e. The lowest BCUT2D eigenvalue weighted by Gasteiger charge is -2.47. The normalized spacial score (nSPS) is 26.8. The Morgan fingerprint density at radius 3 is 2.18 bits per heavy atom. The van der Waals surface area contributed by atoms with Gasteiger partial charge in [-0.15, -0.1) is 0 Å². The summed E-state index contributed by atoms with van der Waals surface area (Å²) in [7, 11) is 1.67. The van der Waals surface area contributed by atoms with E-state index in [1.54, 1.807) is 7.11 Å². The van der Waals surface area contributed by atoms with E-state index < -0.39 is 11.6 Å². The van der Waals surface area contributed by atoms with Crippen molar-refractivity contribution in [2.24, 2.45) is 5.41 Å². The van der Waals surface area contributed by atoms with Crippen LogP contribution in [0.1, 0.15) is 32.1 Å². The summed E-state index contributed by atoms with van der Waals surface area (Å²) in [5, 5.41) is 0. The van der Waals surface area contributed by atoms with E-state index in [-0.39, 0.29) is 12.6 Å². The maximum atomic E-state index is 13.0. The lowest BCUT2D eigenvalue weighted by atomic mass is 9.67. The summed E-state index contributed by atoms with van der Waals surface area (Å²) in [6.07, 6.45) is -0.775. The van der Waals surface area contributed by atoms with Crippen molar-refractivity contribution in [3.05, 3.63) is 0 Å². The molecule has 17 heavy (non-hydrogen) atoms. The van der Waals surface area contributed by atoms with Crippen molar-refractivity contribution < 1.29 is 17.9 Å². The van der Waals surface area contributed by atoms with Crippen LogP contribution in [0.15, 0.2) is 0 Å². The van der Waals surface area contributed by atoms with Crippen LogP contribution in [0.2, 0.25) is 0 Å². The minimum Gasteiger partial charge on any atom is -0.381 e. The number of rotatable bonds is 3. The fourth-order valence-electron chi connectivity index (χ4n) is 2.87. The molecule has 1 aliphatic carbocycles. The number of hydrogen-bond donors (Lipinski definition) is 0. The van der Waals surface area contributed by atoms with Gasteiger partial charge in [-0.05, 0) is 25.7 Å². The topological polar surface area (TPSA) is 12.5 Å². The zero-order chi connectivity index (χ0) is 12.5. The molecule has 0 spiro atoms. The lowest BCUT2D eigenvalue weighted by molar-refractivity contribution is -0.257. The summed E-state index contributed by atoms with van der Waals surface area (Å²) < 4.78 is 44.2. The Bertz CT molecular complexity index is 255. The molecular weight excluding hydrogens is 231 g/mol. The molecular formula is C12H20F3NO. The highest BCUT2D eigenvalue weighted by molar-refractivity contribution is 4.96. The van der Waals surface area contributed by atoms with E-state index in [1.807, 2.05) is 4.90 Å². The van der Waals surface area contributed by atoms with Crippen LogP contribution in [0.3, 0.4) is 0 Å². The molecule has 1 heterocycles. The Morgan fingerprint density at radius 2 is 1.82 bits per heavy atom. The van der Waals surface area contributed by atoms with Gasteiger partial charge in [0.05, 0.1) is 11.5 Å². The molecule has 1 aliphatic heterocycles. The molecule has 0 bridgehead atoms. The van der Waals surface area contributed by atoms with Gasteiger partial charge in [0, 0.05) is 26.7 Å². The Hall–Kier alpha value is -0.290. The highest BCUT2D eigenvalue weighted by Crippen LogP contribution is 2.53. The Kier molecular flexibility index (Phi) is 3.69. The smallest absolute Gasteiger partial charge is 0.381 e. The monoisotopic (exact) mass is 251 g/mol. The number of alkyl halides is 3. The second-order valence-corrected chi connectivity index (χ2v) is 5.34. The van der Waals surface area contributed by atoms with Gasteiger partial charge in [0.2, 0.25) is 0 Å². The number of likely N-dealkylation sites (tertiary alicyclic amines) is 1. The van der Waals surface area contributed by atoms with Crippen molar-refractivity contribution in [3.8, 4) is 0 Å². The molecule has 2 aliphatic rings. The highest BCUT2D eigenvalue weighted by atomic mass is 19.4. The van der Waals surface area contributed by atoms with Gasteiger partial charge in [-0.1, -0.05) is 6.42 Å². The molecule has 1 saturated heterocycles. The summed E-state index contributed by atoms with van der Waals surface area (Å²) in [6.45, 7) is 1.65. The van der Waals surface area contributed by atoms with Gasteiger partial charge in [0.1, 0.15) is 0 Å². The van der Waals surface area contributed by atoms with Crippen molar-refractivity contribution in [3.63, 3.8) is 0 Å².